The number of phenolic OH excluding ortho intramolecular Hbond substituents is 1. The number of esters is 1. The van der Waals surface area contributed by atoms with Crippen molar-refractivity contribution in [1.82, 2.24) is 0 Å². The maximum Gasteiger partial charge on any atom is 0.341 e. The predicted molar refractivity (Wildman–Crippen MR) is 67.3 cm³/mol. The van der Waals surface area contributed by atoms with Crippen LogP contribution in [0.3, 0.4) is 0 Å². The number of aryl methyl sites for hydroxylation is 1. The number of fused-ring (bicyclic) bond motifs is 1. The van der Waals surface area contributed by atoms with Gasteiger partial charge in [-0.1, -0.05) is 0 Å². The van der Waals surface area contributed by atoms with Crippen LogP contribution in [-0.2, 0) is 4.74 Å². The molecule has 0 unspecified atom stereocenters. The number of methoxy groups -OCH3 is 1. The van der Waals surface area contributed by atoms with E-state index in [1.807, 2.05) is 13.0 Å². The maximum absolute atomic E-state index is 11.4. The summed E-state index contributed by atoms with van der Waals surface area (Å²) in [5, 5.41) is 10.7. The highest BCUT2D eigenvalue weighted by Crippen LogP contribution is 2.41. The van der Waals surface area contributed by atoms with Crippen molar-refractivity contribution in [3.63, 3.8) is 0 Å². The van der Waals surface area contributed by atoms with Crippen LogP contribution >= 0.6 is 27.3 Å². The number of halogens is 1. The highest BCUT2D eigenvalue weighted by molar-refractivity contribution is 9.11. The number of carbonyl (C=O) groups is 1. The molecule has 0 fully saturated rings. The van der Waals surface area contributed by atoms with Crippen molar-refractivity contribution in [2.24, 2.45) is 0 Å². The minimum absolute atomic E-state index is 0.0104. The Bertz CT molecular complexity index is 574. The van der Waals surface area contributed by atoms with Crippen LogP contribution in [0.4, 0.5) is 0 Å². The van der Waals surface area contributed by atoms with Gasteiger partial charge in [-0.3, -0.25) is 0 Å². The summed E-state index contributed by atoms with van der Waals surface area (Å²) in [6.07, 6.45) is 0. The molecule has 5 heteroatoms. The van der Waals surface area contributed by atoms with E-state index < -0.39 is 5.97 Å². The molecule has 0 saturated heterocycles. The Hall–Kier alpha value is -1.07. The number of phenols is 1. The van der Waals surface area contributed by atoms with Gasteiger partial charge < -0.3 is 9.84 Å². The molecule has 0 radical (unpaired) electrons. The molecule has 16 heavy (non-hydrogen) atoms. The lowest BCUT2D eigenvalue weighted by molar-refractivity contribution is 0.0598. The summed E-state index contributed by atoms with van der Waals surface area (Å²) in [5.74, 6) is -0.537. The van der Waals surface area contributed by atoms with Crippen LogP contribution in [0.1, 0.15) is 15.9 Å². The normalized spacial score (nSPS) is 10.7. The van der Waals surface area contributed by atoms with Gasteiger partial charge in [-0.2, -0.15) is 0 Å². The first-order valence-electron chi connectivity index (χ1n) is 4.55. The molecule has 0 amide bonds. The molecular weight excluding hydrogens is 292 g/mol. The predicted octanol–water partition coefficient (Wildman–Crippen LogP) is 3.46. The Morgan fingerprint density at radius 1 is 1.50 bits per heavy atom. The lowest BCUT2D eigenvalue weighted by Gasteiger charge is -2.04. The van der Waals surface area contributed by atoms with E-state index in [1.54, 1.807) is 6.07 Å². The monoisotopic (exact) mass is 300 g/mol. The first kappa shape index (κ1) is 11.4. The minimum Gasteiger partial charge on any atom is -0.506 e. The van der Waals surface area contributed by atoms with Crippen LogP contribution in [0.15, 0.2) is 15.9 Å². The molecule has 1 aromatic heterocycles. The van der Waals surface area contributed by atoms with Crippen molar-refractivity contribution in [3.05, 3.63) is 27.0 Å². The Labute approximate surface area is 105 Å². The molecule has 0 saturated carbocycles. The summed E-state index contributed by atoms with van der Waals surface area (Å²) in [7, 11) is 1.29. The molecule has 0 atom stereocenters. The van der Waals surface area contributed by atoms with Gasteiger partial charge in [0.2, 0.25) is 0 Å². The van der Waals surface area contributed by atoms with Crippen LogP contribution in [0.2, 0.25) is 0 Å². The first-order valence-corrected chi connectivity index (χ1v) is 6.16. The van der Waals surface area contributed by atoms with Gasteiger partial charge in [0, 0.05) is 10.1 Å². The van der Waals surface area contributed by atoms with E-state index >= 15 is 0 Å². The van der Waals surface area contributed by atoms with Crippen molar-refractivity contribution >= 4 is 43.3 Å². The highest BCUT2D eigenvalue weighted by atomic mass is 79.9. The lowest BCUT2D eigenvalue weighted by Crippen LogP contribution is -2.01. The maximum atomic E-state index is 11.4. The SMILES string of the molecule is COC(=O)c1ccc2sc(Br)c(C)c2c1O. The number of hydrogen-bond donors (Lipinski definition) is 1. The zero-order chi connectivity index (χ0) is 11.9. The molecule has 0 bridgehead atoms. The van der Waals surface area contributed by atoms with E-state index in [-0.39, 0.29) is 11.3 Å². The molecule has 3 nitrogen and oxygen atoms in total. The molecule has 0 aliphatic heterocycles. The Morgan fingerprint density at radius 3 is 2.81 bits per heavy atom. The summed E-state index contributed by atoms with van der Waals surface area (Å²) in [6.45, 7) is 1.89. The van der Waals surface area contributed by atoms with E-state index in [9.17, 15) is 9.90 Å². The van der Waals surface area contributed by atoms with Crippen LogP contribution in [0.5, 0.6) is 5.75 Å². The summed E-state index contributed by atoms with van der Waals surface area (Å²) in [4.78, 5) is 11.4. The molecular formula is C11H9BrO3S. The van der Waals surface area contributed by atoms with Crippen molar-refractivity contribution in [1.29, 1.82) is 0 Å². The number of rotatable bonds is 1. The van der Waals surface area contributed by atoms with E-state index in [0.29, 0.717) is 5.39 Å². The van der Waals surface area contributed by atoms with E-state index in [2.05, 4.69) is 20.7 Å². The molecule has 1 N–H and O–H groups in total. The fraction of sp³-hybridized carbons (Fsp3) is 0.182. The summed E-state index contributed by atoms with van der Waals surface area (Å²) >= 11 is 4.94. The number of benzene rings is 1. The fourth-order valence-corrected chi connectivity index (χ4v) is 3.22. The second-order valence-corrected chi connectivity index (χ2v) is 5.70. The molecule has 84 valence electrons. The smallest absolute Gasteiger partial charge is 0.341 e. The summed E-state index contributed by atoms with van der Waals surface area (Å²) in [5.41, 5.74) is 1.13. The van der Waals surface area contributed by atoms with Crippen LogP contribution in [0, 0.1) is 6.92 Å². The third kappa shape index (κ3) is 1.60. The Morgan fingerprint density at radius 2 is 2.19 bits per heavy atom. The second-order valence-electron chi connectivity index (χ2n) is 3.33. The van der Waals surface area contributed by atoms with Crippen LogP contribution in [-0.4, -0.2) is 18.2 Å². The van der Waals surface area contributed by atoms with Crippen LogP contribution < -0.4 is 0 Å². The molecule has 1 heterocycles. The van der Waals surface area contributed by atoms with Crippen molar-refractivity contribution in [2.45, 2.75) is 6.92 Å². The van der Waals surface area contributed by atoms with Crippen molar-refractivity contribution in [2.75, 3.05) is 7.11 Å². The number of ether oxygens (including phenoxy) is 1. The van der Waals surface area contributed by atoms with Gasteiger partial charge in [-0.25, -0.2) is 4.79 Å². The molecule has 0 aliphatic rings. The van der Waals surface area contributed by atoms with Gasteiger partial charge in [0.1, 0.15) is 11.3 Å². The van der Waals surface area contributed by atoms with Gasteiger partial charge in [0.25, 0.3) is 0 Å². The van der Waals surface area contributed by atoms with Gasteiger partial charge in [-0.15, -0.1) is 11.3 Å². The number of thiophene rings is 1. The molecule has 1 aromatic carbocycles. The highest BCUT2D eigenvalue weighted by Gasteiger charge is 2.18. The van der Waals surface area contributed by atoms with E-state index in [1.165, 1.54) is 18.4 Å². The van der Waals surface area contributed by atoms with Gasteiger partial charge in [0.05, 0.1) is 10.9 Å². The largest absolute Gasteiger partial charge is 0.506 e. The number of aromatic hydroxyl groups is 1. The number of hydrogen-bond acceptors (Lipinski definition) is 4. The average molecular weight is 301 g/mol. The summed E-state index contributed by atoms with van der Waals surface area (Å²) < 4.78 is 6.50. The second kappa shape index (κ2) is 4.07. The lowest BCUT2D eigenvalue weighted by atomic mass is 10.1. The minimum atomic E-state index is -0.527. The van der Waals surface area contributed by atoms with E-state index in [4.69, 9.17) is 0 Å². The standard InChI is InChI=1S/C11H9BrO3S/c1-5-8-7(16-10(5)12)4-3-6(9(8)13)11(14)15-2/h3-4,13H,1-2H3. The van der Waals surface area contributed by atoms with Gasteiger partial charge >= 0.3 is 5.97 Å². The first-order chi connectivity index (χ1) is 7.56. The summed E-state index contributed by atoms with van der Waals surface area (Å²) in [6, 6.07) is 3.38. The quantitative estimate of drug-likeness (QED) is 0.820. The topological polar surface area (TPSA) is 46.5 Å². The number of carbonyl (C=O) groups excluding carboxylic acids is 1. The van der Waals surface area contributed by atoms with Crippen molar-refractivity contribution < 1.29 is 14.6 Å². The fourth-order valence-electron chi connectivity index (χ4n) is 1.57. The van der Waals surface area contributed by atoms with Crippen molar-refractivity contribution in [3.8, 4) is 5.75 Å². The third-order valence-electron chi connectivity index (χ3n) is 2.41. The molecule has 0 spiro atoms. The molecule has 2 rings (SSSR count). The van der Waals surface area contributed by atoms with Gasteiger partial charge in [-0.05, 0) is 40.5 Å². The van der Waals surface area contributed by atoms with Crippen LogP contribution in [0.25, 0.3) is 10.1 Å². The van der Waals surface area contributed by atoms with E-state index in [0.717, 1.165) is 14.0 Å². The molecule has 0 aliphatic carbocycles. The third-order valence-corrected chi connectivity index (χ3v) is 4.54. The Kier molecular flexibility index (Phi) is 2.90. The average Bonchev–Trinajstić information content (AvgIpc) is 2.55. The Balaban J connectivity index is 2.78. The zero-order valence-corrected chi connectivity index (χ0v) is 11.1. The zero-order valence-electron chi connectivity index (χ0n) is 8.70. The molecule has 2 aromatic rings. The van der Waals surface area contributed by atoms with Gasteiger partial charge in [0.15, 0.2) is 0 Å².